The zero-order chi connectivity index (χ0) is 17.6. The van der Waals surface area contributed by atoms with E-state index >= 15 is 0 Å². The number of aliphatic hydroxyl groups excluding tert-OH is 1. The number of imidazole rings is 1. The molecule has 0 radical (unpaired) electrons. The maximum absolute atomic E-state index is 10.5. The van der Waals surface area contributed by atoms with Crippen LogP contribution in [0.2, 0.25) is 0 Å². The Labute approximate surface area is 194 Å². The molecule has 26 heavy (non-hydrogen) atoms. The first-order valence-electron chi connectivity index (χ1n) is 7.06. The van der Waals surface area contributed by atoms with Crippen molar-refractivity contribution in [3.63, 3.8) is 0 Å². The fourth-order valence-corrected chi connectivity index (χ4v) is 2.32. The molecule has 0 amide bonds. The van der Waals surface area contributed by atoms with E-state index in [4.69, 9.17) is 4.74 Å². The Morgan fingerprint density at radius 3 is 2.73 bits per heavy atom. The minimum atomic E-state index is -4.74. The van der Waals surface area contributed by atoms with Crippen LogP contribution in [-0.4, -0.2) is 63.9 Å². The zero-order valence-electron chi connectivity index (χ0n) is 15.0. The Kier molecular flexibility index (Phi) is 12.9. The summed E-state index contributed by atoms with van der Waals surface area (Å²) in [7, 11) is -3.15. The molecule has 0 bridgehead atoms. The Hall–Kier alpha value is 0.380. The van der Waals surface area contributed by atoms with Gasteiger partial charge < -0.3 is 38.8 Å². The molecule has 2 N–H and O–H groups in total. The molecule has 134 valence electrons. The zero-order valence-corrected chi connectivity index (χ0v) is 19.9. The van der Waals surface area contributed by atoms with Crippen LogP contribution in [0.3, 0.4) is 0 Å². The van der Waals surface area contributed by atoms with E-state index in [1.165, 1.54) is 12.7 Å². The molecular formula is C12H18N5Na2O6P. The molecular weight excluding hydrogens is 387 g/mol. The summed E-state index contributed by atoms with van der Waals surface area (Å²) in [6, 6.07) is 0. The summed E-state index contributed by atoms with van der Waals surface area (Å²) >= 11 is 0. The van der Waals surface area contributed by atoms with Crippen LogP contribution in [0.1, 0.15) is 0 Å². The first-order chi connectivity index (χ1) is 11.4. The number of hydrogen-bond donors (Lipinski definition) is 2. The second kappa shape index (κ2) is 12.8. The molecule has 0 aliphatic carbocycles. The molecule has 11 nitrogen and oxygen atoms in total. The van der Waals surface area contributed by atoms with Crippen molar-refractivity contribution in [1.29, 1.82) is 0 Å². The van der Waals surface area contributed by atoms with Gasteiger partial charge in [-0.2, -0.15) is 0 Å². The molecule has 14 heteroatoms. The third kappa shape index (κ3) is 8.59. The fraction of sp³-hybridized carbons (Fsp3) is 0.583. The quantitative estimate of drug-likeness (QED) is 0.221. The minimum Gasteiger partial charge on any atom is -0.809 e. The van der Waals surface area contributed by atoms with Crippen LogP contribution in [0, 0.1) is 0 Å². The first kappa shape index (κ1) is 26.4. The molecule has 2 aromatic heterocycles. The number of aliphatic hydroxyl groups is 1. The Balaban J connectivity index is 0.00000312. The van der Waals surface area contributed by atoms with E-state index in [1.54, 1.807) is 11.7 Å². The van der Waals surface area contributed by atoms with Gasteiger partial charge in [-0.3, -0.25) is 0 Å². The van der Waals surface area contributed by atoms with Gasteiger partial charge in [-0.05, 0) is 7.60 Å². The standard InChI is InChI=1S/C12H20N5O6P.2Na/c1-22-3-2-13-11-10-12(15-6-14-11)17(7-16-10)4-9(18)5-23-8-24(19,20)21;;/h6-7,9,18H,2-5,8H2,1H3,(H,13,14,15)(H2,19,20,21);;/q;2*+1/p-2. The molecule has 0 aromatic carbocycles. The summed E-state index contributed by atoms with van der Waals surface area (Å²) in [5.41, 5.74) is 1.03. The molecule has 0 spiro atoms. The number of aromatic nitrogens is 4. The van der Waals surface area contributed by atoms with Gasteiger partial charge in [0.25, 0.3) is 0 Å². The SMILES string of the molecule is COCCNc1ncnc2c1ncn2CC(O)COCP(=O)([O-])[O-].[Na+].[Na+]. The number of nitrogens with one attached hydrogen (secondary N) is 1. The molecule has 1 atom stereocenters. The minimum absolute atomic E-state index is 0. The van der Waals surface area contributed by atoms with Crippen molar-refractivity contribution < 1.29 is 88.0 Å². The summed E-state index contributed by atoms with van der Waals surface area (Å²) in [6.07, 6.45) is 0.874. The summed E-state index contributed by atoms with van der Waals surface area (Å²) in [5.74, 6) is 0.542. The summed E-state index contributed by atoms with van der Waals surface area (Å²) in [6.45, 7) is 0.840. The van der Waals surface area contributed by atoms with Crippen LogP contribution in [0.4, 0.5) is 5.82 Å². The third-order valence-electron chi connectivity index (χ3n) is 2.97. The van der Waals surface area contributed by atoms with E-state index < -0.39 is 20.0 Å². The van der Waals surface area contributed by atoms with Gasteiger partial charge in [0, 0.05) is 13.7 Å². The summed E-state index contributed by atoms with van der Waals surface area (Å²) in [5, 5.41) is 12.9. The predicted octanol–water partition coefficient (Wildman–Crippen LogP) is -7.86. The molecule has 0 fully saturated rings. The molecule has 0 saturated carbocycles. The van der Waals surface area contributed by atoms with Gasteiger partial charge in [0.2, 0.25) is 0 Å². The molecule has 0 aliphatic rings. The largest absolute Gasteiger partial charge is 1.00 e. The van der Waals surface area contributed by atoms with E-state index in [-0.39, 0.29) is 72.3 Å². The van der Waals surface area contributed by atoms with E-state index in [9.17, 15) is 19.5 Å². The predicted molar refractivity (Wildman–Crippen MR) is 80.1 cm³/mol. The van der Waals surface area contributed by atoms with Crippen molar-refractivity contribution in [2.75, 3.05) is 38.5 Å². The van der Waals surface area contributed by atoms with Crippen LogP contribution >= 0.6 is 7.60 Å². The van der Waals surface area contributed by atoms with Crippen LogP contribution < -0.4 is 74.2 Å². The maximum atomic E-state index is 10.5. The monoisotopic (exact) mass is 405 g/mol. The number of ether oxygens (including phenoxy) is 2. The number of methoxy groups -OCH3 is 1. The average Bonchev–Trinajstić information content (AvgIpc) is 2.90. The molecule has 2 rings (SSSR count). The topological polar surface area (TPSA) is 158 Å². The van der Waals surface area contributed by atoms with E-state index in [0.717, 1.165) is 0 Å². The fourth-order valence-electron chi connectivity index (χ4n) is 2.00. The number of fused-ring (bicyclic) bond motifs is 1. The van der Waals surface area contributed by atoms with Crippen molar-refractivity contribution >= 4 is 24.6 Å². The normalized spacial score (nSPS) is 12.3. The molecule has 2 aromatic rings. The van der Waals surface area contributed by atoms with Gasteiger partial charge in [0.15, 0.2) is 11.5 Å². The van der Waals surface area contributed by atoms with Gasteiger partial charge >= 0.3 is 59.1 Å². The summed E-state index contributed by atoms with van der Waals surface area (Å²) < 4.78 is 21.7. The summed E-state index contributed by atoms with van der Waals surface area (Å²) in [4.78, 5) is 33.4. The van der Waals surface area contributed by atoms with Crippen molar-refractivity contribution in [3.8, 4) is 0 Å². The van der Waals surface area contributed by atoms with E-state index in [2.05, 4.69) is 25.0 Å². The van der Waals surface area contributed by atoms with Gasteiger partial charge in [0.1, 0.15) is 11.8 Å². The van der Waals surface area contributed by atoms with E-state index in [1.807, 2.05) is 0 Å². The van der Waals surface area contributed by atoms with Crippen molar-refractivity contribution in [1.82, 2.24) is 19.5 Å². The molecule has 2 heterocycles. The smallest absolute Gasteiger partial charge is 0.809 e. The molecule has 0 saturated heterocycles. The van der Waals surface area contributed by atoms with Gasteiger partial charge in [0.05, 0.1) is 38.5 Å². The van der Waals surface area contributed by atoms with Crippen LogP contribution in [0.15, 0.2) is 12.7 Å². The van der Waals surface area contributed by atoms with Crippen molar-refractivity contribution in [2.45, 2.75) is 12.6 Å². The first-order valence-corrected chi connectivity index (χ1v) is 8.79. The maximum Gasteiger partial charge on any atom is 1.00 e. The van der Waals surface area contributed by atoms with Crippen molar-refractivity contribution in [3.05, 3.63) is 12.7 Å². The number of rotatable bonds is 10. The Morgan fingerprint density at radius 1 is 1.35 bits per heavy atom. The third-order valence-corrected chi connectivity index (χ3v) is 3.47. The second-order valence-electron chi connectivity index (χ2n) is 4.98. The van der Waals surface area contributed by atoms with Crippen LogP contribution in [0.5, 0.6) is 0 Å². The average molecular weight is 405 g/mol. The van der Waals surface area contributed by atoms with E-state index in [0.29, 0.717) is 30.1 Å². The molecule has 1 unspecified atom stereocenters. The van der Waals surface area contributed by atoms with Crippen LogP contribution in [0.25, 0.3) is 11.2 Å². The second-order valence-corrected chi connectivity index (χ2v) is 6.46. The van der Waals surface area contributed by atoms with Crippen molar-refractivity contribution in [2.24, 2.45) is 0 Å². The molecule has 0 aliphatic heterocycles. The van der Waals surface area contributed by atoms with Gasteiger partial charge in [-0.25, -0.2) is 15.0 Å². The van der Waals surface area contributed by atoms with Gasteiger partial charge in [-0.15, -0.1) is 0 Å². The number of hydrogen-bond acceptors (Lipinski definition) is 10. The van der Waals surface area contributed by atoms with Gasteiger partial charge in [-0.1, -0.05) is 0 Å². The number of nitrogens with zero attached hydrogens (tertiary/aromatic N) is 4. The van der Waals surface area contributed by atoms with Crippen LogP contribution in [-0.2, 0) is 20.6 Å². The Morgan fingerprint density at radius 2 is 2.08 bits per heavy atom. The number of anilines is 1. The Bertz CT molecular complexity index is 714.